The maximum absolute atomic E-state index is 9.25. The Hall–Kier alpha value is -2.07. The maximum atomic E-state index is 9.25. The molecule has 0 saturated heterocycles. The molecule has 1 rings (SSSR count). The highest BCUT2D eigenvalue weighted by atomic mass is 16.5. The van der Waals surface area contributed by atoms with Gasteiger partial charge in [0.1, 0.15) is 12.4 Å². The van der Waals surface area contributed by atoms with Crippen LogP contribution in [0.15, 0.2) is 49.6 Å². The largest absolute Gasteiger partial charge is 0.490 e. The van der Waals surface area contributed by atoms with Crippen LogP contribution in [-0.2, 0) is 11.2 Å². The summed E-state index contributed by atoms with van der Waals surface area (Å²) in [4.78, 5) is 9.25. The summed E-state index contributed by atoms with van der Waals surface area (Å²) in [6, 6.07) is 7.70. The fourth-order valence-corrected chi connectivity index (χ4v) is 1.04. The summed E-state index contributed by atoms with van der Waals surface area (Å²) in [5.74, 6) is -0.147. The molecular weight excluding hydrogens is 232 g/mol. The Morgan fingerprint density at radius 3 is 2.22 bits per heavy atom. The lowest BCUT2D eigenvalue weighted by Gasteiger charge is -2.03. The van der Waals surface area contributed by atoms with E-state index in [1.165, 1.54) is 0 Å². The predicted octanol–water partition coefficient (Wildman–Crippen LogP) is 2.04. The number of hydrogen-bond acceptors (Lipinski definition) is 3. The fraction of sp³-hybridized carbons (Fsp3) is 0.214. The van der Waals surface area contributed by atoms with Crippen LogP contribution in [0.25, 0.3) is 0 Å². The van der Waals surface area contributed by atoms with Crippen LogP contribution < -0.4 is 4.74 Å². The van der Waals surface area contributed by atoms with E-state index in [4.69, 9.17) is 14.9 Å². The number of carboxylic acids is 1. The third-order valence-electron chi connectivity index (χ3n) is 1.87. The van der Waals surface area contributed by atoms with E-state index in [1.54, 1.807) is 6.08 Å². The Morgan fingerprint density at radius 1 is 1.28 bits per heavy atom. The van der Waals surface area contributed by atoms with E-state index in [1.807, 2.05) is 24.3 Å². The van der Waals surface area contributed by atoms with Gasteiger partial charge in [-0.25, -0.2) is 4.79 Å². The zero-order valence-electron chi connectivity index (χ0n) is 10.2. The Morgan fingerprint density at radius 2 is 1.83 bits per heavy atom. The van der Waals surface area contributed by atoms with E-state index < -0.39 is 5.97 Å². The zero-order valence-corrected chi connectivity index (χ0v) is 10.2. The Labute approximate surface area is 107 Å². The second-order valence-electron chi connectivity index (χ2n) is 3.26. The molecule has 1 aromatic rings. The lowest BCUT2D eigenvalue weighted by Crippen LogP contribution is -1.94. The normalized spacial score (nSPS) is 8.72. The van der Waals surface area contributed by atoms with E-state index in [0.29, 0.717) is 13.0 Å². The van der Waals surface area contributed by atoms with Crippen molar-refractivity contribution in [1.82, 2.24) is 0 Å². The smallest absolute Gasteiger partial charge is 0.327 e. The molecule has 18 heavy (non-hydrogen) atoms. The van der Waals surface area contributed by atoms with Gasteiger partial charge in [0.2, 0.25) is 0 Å². The molecule has 0 aromatic heterocycles. The summed E-state index contributed by atoms with van der Waals surface area (Å²) in [7, 11) is 0. The highest BCUT2D eigenvalue weighted by Crippen LogP contribution is 2.12. The molecule has 1 aromatic carbocycles. The molecule has 0 saturated carbocycles. The molecule has 0 radical (unpaired) electrons. The number of carbonyl (C=O) groups is 1. The van der Waals surface area contributed by atoms with Crippen LogP contribution in [0.4, 0.5) is 0 Å². The predicted molar refractivity (Wildman–Crippen MR) is 70.8 cm³/mol. The molecule has 0 atom stereocenters. The number of carboxylic acid groups (broad SMARTS) is 1. The van der Waals surface area contributed by atoms with Gasteiger partial charge in [-0.2, -0.15) is 0 Å². The van der Waals surface area contributed by atoms with Crippen LogP contribution in [0.1, 0.15) is 5.56 Å². The lowest BCUT2D eigenvalue weighted by atomic mass is 10.1. The van der Waals surface area contributed by atoms with Gasteiger partial charge in [0, 0.05) is 12.7 Å². The van der Waals surface area contributed by atoms with E-state index in [2.05, 4.69) is 13.2 Å². The van der Waals surface area contributed by atoms with Crippen LogP contribution in [-0.4, -0.2) is 29.4 Å². The number of hydrogen-bond donors (Lipinski definition) is 2. The minimum absolute atomic E-state index is 0.187. The van der Waals surface area contributed by atoms with Gasteiger partial charge in [0.15, 0.2) is 0 Å². The van der Waals surface area contributed by atoms with Gasteiger partial charge in [-0.15, -0.1) is 0 Å². The SMILES string of the molecule is C=CC(=O)O.C=CCOc1ccc(CCO)cc1. The summed E-state index contributed by atoms with van der Waals surface area (Å²) < 4.78 is 5.31. The Balaban J connectivity index is 0.000000494. The second-order valence-corrected chi connectivity index (χ2v) is 3.26. The second kappa shape index (κ2) is 10.1. The summed E-state index contributed by atoms with van der Waals surface area (Å²) in [6.45, 7) is 7.24. The molecule has 0 aliphatic carbocycles. The molecule has 0 spiro atoms. The zero-order chi connectivity index (χ0) is 13.8. The monoisotopic (exact) mass is 250 g/mol. The maximum Gasteiger partial charge on any atom is 0.327 e. The highest BCUT2D eigenvalue weighted by Gasteiger charge is 1.93. The van der Waals surface area contributed by atoms with Crippen molar-refractivity contribution in [1.29, 1.82) is 0 Å². The first kappa shape index (κ1) is 15.9. The van der Waals surface area contributed by atoms with E-state index in [9.17, 15) is 4.79 Å². The van der Waals surface area contributed by atoms with Crippen LogP contribution in [0.3, 0.4) is 0 Å². The molecule has 0 aliphatic rings. The lowest BCUT2D eigenvalue weighted by molar-refractivity contribution is -0.131. The molecule has 98 valence electrons. The van der Waals surface area contributed by atoms with Gasteiger partial charge in [0.05, 0.1) is 0 Å². The summed E-state index contributed by atoms with van der Waals surface area (Å²) in [6.07, 6.45) is 3.24. The molecule has 0 unspecified atom stereocenters. The standard InChI is InChI=1S/C11H14O2.C3H4O2/c1-2-9-13-11-5-3-10(4-6-11)7-8-12;1-2-3(4)5/h2-6,12H,1,7-9H2;2H,1H2,(H,4,5). The molecule has 0 fully saturated rings. The molecule has 2 N–H and O–H groups in total. The van der Waals surface area contributed by atoms with Crippen molar-refractivity contribution in [2.45, 2.75) is 6.42 Å². The third kappa shape index (κ3) is 8.13. The summed E-state index contributed by atoms with van der Waals surface area (Å²) in [5.41, 5.74) is 1.12. The van der Waals surface area contributed by atoms with Gasteiger partial charge < -0.3 is 14.9 Å². The first-order valence-corrected chi connectivity index (χ1v) is 5.43. The third-order valence-corrected chi connectivity index (χ3v) is 1.87. The minimum atomic E-state index is -0.981. The van der Waals surface area contributed by atoms with Crippen molar-refractivity contribution < 1.29 is 19.7 Å². The molecule has 0 amide bonds. The Bertz CT molecular complexity index is 368. The summed E-state index contributed by atoms with van der Waals surface area (Å²) >= 11 is 0. The van der Waals surface area contributed by atoms with Gasteiger partial charge in [-0.3, -0.25) is 0 Å². The summed E-state index contributed by atoms with van der Waals surface area (Å²) in [5, 5.41) is 16.3. The minimum Gasteiger partial charge on any atom is -0.490 e. The molecular formula is C14H18O4. The van der Waals surface area contributed by atoms with Gasteiger partial charge >= 0.3 is 5.97 Å². The van der Waals surface area contributed by atoms with Crippen molar-refractivity contribution in [3.8, 4) is 5.75 Å². The van der Waals surface area contributed by atoms with Crippen LogP contribution >= 0.6 is 0 Å². The first-order valence-electron chi connectivity index (χ1n) is 5.43. The van der Waals surface area contributed by atoms with Crippen LogP contribution in [0, 0.1) is 0 Å². The highest BCUT2D eigenvalue weighted by molar-refractivity contribution is 5.78. The number of ether oxygens (including phenoxy) is 1. The Kier molecular flexibility index (Phi) is 8.95. The number of rotatable bonds is 6. The molecule has 4 heteroatoms. The van der Waals surface area contributed by atoms with Gasteiger partial charge in [-0.05, 0) is 24.1 Å². The van der Waals surface area contributed by atoms with E-state index >= 15 is 0 Å². The topological polar surface area (TPSA) is 66.8 Å². The fourth-order valence-electron chi connectivity index (χ4n) is 1.04. The first-order chi connectivity index (χ1) is 8.63. The van der Waals surface area contributed by atoms with Crippen molar-refractivity contribution in [2.75, 3.05) is 13.2 Å². The number of benzene rings is 1. The molecule has 4 nitrogen and oxygen atoms in total. The van der Waals surface area contributed by atoms with Crippen LogP contribution in [0.2, 0.25) is 0 Å². The molecule has 0 bridgehead atoms. The number of aliphatic hydroxyl groups is 1. The van der Waals surface area contributed by atoms with Gasteiger partial charge in [-0.1, -0.05) is 31.4 Å². The van der Waals surface area contributed by atoms with Crippen molar-refractivity contribution in [2.24, 2.45) is 0 Å². The van der Waals surface area contributed by atoms with Crippen molar-refractivity contribution in [3.05, 3.63) is 55.1 Å². The van der Waals surface area contributed by atoms with E-state index in [0.717, 1.165) is 17.4 Å². The number of aliphatic carboxylic acids is 1. The average molecular weight is 250 g/mol. The quantitative estimate of drug-likeness (QED) is 0.599. The average Bonchev–Trinajstić information content (AvgIpc) is 2.39. The van der Waals surface area contributed by atoms with E-state index in [-0.39, 0.29) is 6.61 Å². The van der Waals surface area contributed by atoms with Gasteiger partial charge in [0.25, 0.3) is 0 Å². The van der Waals surface area contributed by atoms with Crippen molar-refractivity contribution >= 4 is 5.97 Å². The van der Waals surface area contributed by atoms with Crippen molar-refractivity contribution in [3.63, 3.8) is 0 Å². The number of aliphatic hydroxyl groups excluding tert-OH is 1. The molecule has 0 heterocycles. The molecule has 0 aliphatic heterocycles. The van der Waals surface area contributed by atoms with Crippen LogP contribution in [0.5, 0.6) is 5.75 Å².